The lowest BCUT2D eigenvalue weighted by atomic mass is 9.61. The van der Waals surface area contributed by atoms with Crippen LogP contribution in [0.2, 0.25) is 0 Å². The van der Waals surface area contributed by atoms with Crippen molar-refractivity contribution in [3.63, 3.8) is 0 Å². The first-order valence-electron chi connectivity index (χ1n) is 8.33. The number of hydrogen-bond acceptors (Lipinski definition) is 4. The Balaban J connectivity index is 1.63. The highest BCUT2D eigenvalue weighted by Crippen LogP contribution is 2.55. The summed E-state index contributed by atoms with van der Waals surface area (Å²) < 4.78 is 25.2. The highest BCUT2D eigenvalue weighted by Gasteiger charge is 2.67. The summed E-state index contributed by atoms with van der Waals surface area (Å²) in [5, 5.41) is 9.93. The highest BCUT2D eigenvalue weighted by molar-refractivity contribution is 7.88. The van der Waals surface area contributed by atoms with Crippen molar-refractivity contribution in [2.75, 3.05) is 32.5 Å². The van der Waals surface area contributed by atoms with E-state index < -0.39 is 10.0 Å². The van der Waals surface area contributed by atoms with Gasteiger partial charge in [0.05, 0.1) is 18.4 Å². The topological polar surface area (TPSA) is 60.9 Å². The lowest BCUT2D eigenvalue weighted by Crippen LogP contribution is -2.85. The Labute approximate surface area is 138 Å². The van der Waals surface area contributed by atoms with Crippen molar-refractivity contribution in [3.8, 4) is 0 Å². The molecule has 23 heavy (non-hydrogen) atoms. The molecule has 2 atom stereocenters. The molecule has 2 aliphatic heterocycles. The van der Waals surface area contributed by atoms with Crippen molar-refractivity contribution in [1.29, 1.82) is 0 Å². The second kappa shape index (κ2) is 5.28. The van der Waals surface area contributed by atoms with Crippen LogP contribution in [0.15, 0.2) is 30.3 Å². The average Bonchev–Trinajstić information content (AvgIpc) is 3.25. The van der Waals surface area contributed by atoms with E-state index in [1.807, 2.05) is 18.2 Å². The van der Waals surface area contributed by atoms with Gasteiger partial charge in [-0.3, -0.25) is 4.90 Å². The Morgan fingerprint density at radius 2 is 1.87 bits per heavy atom. The van der Waals surface area contributed by atoms with Gasteiger partial charge < -0.3 is 5.11 Å². The van der Waals surface area contributed by atoms with Gasteiger partial charge in [0.1, 0.15) is 0 Å². The Morgan fingerprint density at radius 3 is 2.39 bits per heavy atom. The summed E-state index contributed by atoms with van der Waals surface area (Å²) in [7, 11) is -3.14. The molecule has 1 N–H and O–H groups in total. The molecule has 0 aromatic heterocycles. The number of aliphatic hydroxyl groups excluding tert-OH is 1. The lowest BCUT2D eigenvalue weighted by molar-refractivity contribution is -0.172. The van der Waals surface area contributed by atoms with Gasteiger partial charge >= 0.3 is 0 Å². The minimum absolute atomic E-state index is 0.111. The molecule has 2 heterocycles. The van der Waals surface area contributed by atoms with E-state index >= 15 is 0 Å². The van der Waals surface area contributed by atoms with Crippen LogP contribution in [0.3, 0.4) is 0 Å². The minimum atomic E-state index is -3.14. The van der Waals surface area contributed by atoms with Crippen LogP contribution in [-0.2, 0) is 10.0 Å². The zero-order valence-electron chi connectivity index (χ0n) is 13.4. The zero-order chi connectivity index (χ0) is 16.2. The molecule has 1 aromatic rings. The second-order valence-corrected chi connectivity index (χ2v) is 9.35. The van der Waals surface area contributed by atoms with Crippen molar-refractivity contribution >= 4 is 10.0 Å². The van der Waals surface area contributed by atoms with Gasteiger partial charge in [-0.15, -0.1) is 0 Å². The number of rotatable bonds is 5. The van der Waals surface area contributed by atoms with Gasteiger partial charge in [-0.2, -0.15) is 4.31 Å². The van der Waals surface area contributed by atoms with E-state index in [4.69, 9.17) is 0 Å². The maximum Gasteiger partial charge on any atom is 0.211 e. The molecule has 126 valence electrons. The van der Waals surface area contributed by atoms with E-state index in [1.165, 1.54) is 24.7 Å². The number of aliphatic hydroxyl groups is 1. The van der Waals surface area contributed by atoms with E-state index in [2.05, 4.69) is 17.0 Å². The first kappa shape index (κ1) is 15.6. The number of hydrogen-bond donors (Lipinski definition) is 1. The van der Waals surface area contributed by atoms with Gasteiger partial charge in [0.2, 0.25) is 10.0 Å². The molecule has 1 aromatic carbocycles. The first-order chi connectivity index (χ1) is 11.0. The third-order valence-corrected chi connectivity index (χ3v) is 7.00. The number of nitrogens with zero attached hydrogens (tertiary/aromatic N) is 2. The van der Waals surface area contributed by atoms with Crippen LogP contribution in [-0.4, -0.2) is 66.8 Å². The molecular weight excluding hydrogens is 312 g/mol. The van der Waals surface area contributed by atoms with Crippen molar-refractivity contribution in [1.82, 2.24) is 9.21 Å². The van der Waals surface area contributed by atoms with E-state index in [0.717, 1.165) is 12.5 Å². The summed E-state index contributed by atoms with van der Waals surface area (Å²) in [4.78, 5) is 2.39. The van der Waals surface area contributed by atoms with E-state index in [0.29, 0.717) is 13.1 Å². The van der Waals surface area contributed by atoms with Gasteiger partial charge in [0, 0.05) is 31.6 Å². The van der Waals surface area contributed by atoms with Crippen LogP contribution in [0.25, 0.3) is 0 Å². The van der Waals surface area contributed by atoms with Crippen molar-refractivity contribution in [2.45, 2.75) is 30.3 Å². The maximum atomic E-state index is 11.8. The van der Waals surface area contributed by atoms with Crippen LogP contribution in [0, 0.1) is 5.92 Å². The molecular formula is C17H24N2O3S. The summed E-state index contributed by atoms with van der Waals surface area (Å²) in [5.74, 6) is 0.940. The van der Waals surface area contributed by atoms with Crippen LogP contribution >= 0.6 is 0 Å². The summed E-state index contributed by atoms with van der Waals surface area (Å²) in [5.41, 5.74) is 1.09. The molecule has 1 spiro atoms. The Kier molecular flexibility index (Phi) is 3.57. The third kappa shape index (κ3) is 2.43. The normalized spacial score (nSPS) is 30.9. The third-order valence-electron chi connectivity index (χ3n) is 5.80. The number of sulfonamides is 1. The predicted octanol–water partition coefficient (Wildman–Crippen LogP) is 0.871. The second-order valence-electron chi connectivity index (χ2n) is 7.37. The highest BCUT2D eigenvalue weighted by atomic mass is 32.2. The van der Waals surface area contributed by atoms with E-state index in [9.17, 15) is 13.5 Å². The van der Waals surface area contributed by atoms with Gasteiger partial charge in [0.25, 0.3) is 0 Å². The molecule has 0 radical (unpaired) electrons. The number of likely N-dealkylation sites (tertiary alicyclic amines) is 1. The smallest absolute Gasteiger partial charge is 0.211 e. The molecule has 0 unspecified atom stereocenters. The molecule has 1 aliphatic carbocycles. The monoisotopic (exact) mass is 336 g/mol. The fourth-order valence-electron chi connectivity index (χ4n) is 4.43. The van der Waals surface area contributed by atoms with Gasteiger partial charge in [-0.05, 0) is 24.3 Å². The van der Waals surface area contributed by atoms with E-state index in [1.54, 1.807) is 4.31 Å². The average molecular weight is 336 g/mol. The molecule has 5 nitrogen and oxygen atoms in total. The van der Waals surface area contributed by atoms with Crippen molar-refractivity contribution < 1.29 is 13.5 Å². The molecule has 1 saturated carbocycles. The molecule has 0 amide bonds. The zero-order valence-corrected chi connectivity index (χ0v) is 14.2. The molecule has 3 aliphatic rings. The summed E-state index contributed by atoms with van der Waals surface area (Å²) in [6.45, 7) is 2.22. The largest absolute Gasteiger partial charge is 0.395 e. The van der Waals surface area contributed by atoms with E-state index in [-0.39, 0.29) is 24.1 Å². The van der Waals surface area contributed by atoms with Gasteiger partial charge in [-0.1, -0.05) is 30.3 Å². The SMILES string of the molecule is CS(=O)(=O)N1CC2(C1)[C@H](c1ccccc1)[C@H](CO)N2CC1CC1. The quantitative estimate of drug-likeness (QED) is 0.867. The molecule has 4 rings (SSSR count). The van der Waals surface area contributed by atoms with Crippen LogP contribution < -0.4 is 0 Å². The molecule has 2 saturated heterocycles. The predicted molar refractivity (Wildman–Crippen MR) is 88.6 cm³/mol. The minimum Gasteiger partial charge on any atom is -0.395 e. The maximum absolute atomic E-state index is 11.8. The molecule has 3 fully saturated rings. The Hall–Kier alpha value is -0.950. The first-order valence-corrected chi connectivity index (χ1v) is 10.2. The summed E-state index contributed by atoms with van der Waals surface area (Å²) >= 11 is 0. The van der Waals surface area contributed by atoms with Crippen molar-refractivity contribution in [3.05, 3.63) is 35.9 Å². The van der Waals surface area contributed by atoms with Gasteiger partial charge in [0.15, 0.2) is 0 Å². The standard InChI is InChI=1S/C17H24N2O3S/c1-23(21,22)18-11-17(12-18)16(14-5-3-2-4-6-14)15(10-20)19(17)9-13-7-8-13/h2-6,13,15-16,20H,7-12H2,1H3/t15-,16+/m0/s1. The number of benzene rings is 1. The van der Waals surface area contributed by atoms with Crippen LogP contribution in [0.1, 0.15) is 24.3 Å². The molecule has 6 heteroatoms. The Morgan fingerprint density at radius 1 is 1.22 bits per heavy atom. The lowest BCUT2D eigenvalue weighted by Gasteiger charge is -2.70. The molecule has 0 bridgehead atoms. The summed E-state index contributed by atoms with van der Waals surface area (Å²) in [6, 6.07) is 10.4. The van der Waals surface area contributed by atoms with Gasteiger partial charge in [-0.25, -0.2) is 8.42 Å². The van der Waals surface area contributed by atoms with Crippen LogP contribution in [0.4, 0.5) is 0 Å². The van der Waals surface area contributed by atoms with Crippen LogP contribution in [0.5, 0.6) is 0 Å². The summed E-state index contributed by atoms with van der Waals surface area (Å²) in [6.07, 6.45) is 3.80. The fourth-order valence-corrected chi connectivity index (χ4v) is 5.35. The fraction of sp³-hybridized carbons (Fsp3) is 0.647. The Bertz CT molecular complexity index is 681. The van der Waals surface area contributed by atoms with Crippen molar-refractivity contribution in [2.24, 2.45) is 5.92 Å².